The number of fused-ring (bicyclic) bond motifs is 1. The summed E-state index contributed by atoms with van der Waals surface area (Å²) >= 11 is 0. The number of anilines is 1. The molecule has 0 aliphatic carbocycles. The number of benzene rings is 3. The van der Waals surface area contributed by atoms with E-state index in [0.717, 1.165) is 42.0 Å². The third kappa shape index (κ3) is 4.03. The quantitative estimate of drug-likeness (QED) is 0.555. The largest absolute Gasteiger partial charge is 0.377 e. The van der Waals surface area contributed by atoms with Crippen molar-refractivity contribution in [3.8, 4) is 0 Å². The van der Waals surface area contributed by atoms with Crippen molar-refractivity contribution in [2.24, 2.45) is 0 Å². The average molecular weight is 399 g/mol. The topological polar surface area (TPSA) is 32.3 Å². The van der Waals surface area contributed by atoms with E-state index in [0.29, 0.717) is 0 Å². The minimum Gasteiger partial charge on any atom is -0.377 e. The van der Waals surface area contributed by atoms with Gasteiger partial charge in [0.2, 0.25) is 0 Å². The number of rotatable bonds is 6. The monoisotopic (exact) mass is 398 g/mol. The Morgan fingerprint density at radius 2 is 1.47 bits per heavy atom. The fraction of sp³-hybridized carbons (Fsp3) is 0.296. The Morgan fingerprint density at radius 3 is 2.13 bits per heavy atom. The smallest absolute Gasteiger partial charge is 0.174 e. The first-order valence-electron chi connectivity index (χ1n) is 10.9. The Labute approximate surface area is 179 Å². The van der Waals surface area contributed by atoms with Gasteiger partial charge in [0.1, 0.15) is 0 Å². The second kappa shape index (κ2) is 8.85. The molecule has 1 heterocycles. The van der Waals surface area contributed by atoms with Crippen molar-refractivity contribution >= 4 is 11.5 Å². The predicted octanol–water partition coefficient (Wildman–Crippen LogP) is 5.97. The molecule has 1 N–H and O–H groups in total. The Kier molecular flexibility index (Phi) is 6.01. The molecule has 4 rings (SSSR count). The minimum atomic E-state index is -0.242. The van der Waals surface area contributed by atoms with Crippen molar-refractivity contribution in [1.82, 2.24) is 4.90 Å². The lowest BCUT2D eigenvalue weighted by molar-refractivity contribution is 0.0945. The zero-order valence-electron chi connectivity index (χ0n) is 18.1. The van der Waals surface area contributed by atoms with E-state index >= 15 is 0 Å². The molecule has 0 bridgehead atoms. The molecular formula is C27H30N2O. The SMILES string of the molecule is CCN(CC)Cc1ccc(C2Nc3ccccc3C(=O)C2c2ccc(C)cc2)cc1. The Bertz CT molecular complexity index is 1000. The van der Waals surface area contributed by atoms with Crippen molar-refractivity contribution in [3.63, 3.8) is 0 Å². The number of aryl methyl sites for hydroxylation is 1. The van der Waals surface area contributed by atoms with Crippen LogP contribution in [0.1, 0.15) is 58.4 Å². The van der Waals surface area contributed by atoms with Crippen LogP contribution in [0.2, 0.25) is 0 Å². The summed E-state index contributed by atoms with van der Waals surface area (Å²) in [6.45, 7) is 9.51. The standard InChI is InChI=1S/C27H30N2O/c1-4-29(5-2)18-20-12-16-22(17-13-20)26-25(21-14-10-19(3)11-15-21)27(30)23-8-6-7-9-24(23)28-26/h6-17,25-26,28H,4-5,18H2,1-3H3. The van der Waals surface area contributed by atoms with Crippen LogP contribution in [0.5, 0.6) is 0 Å². The van der Waals surface area contributed by atoms with E-state index in [1.54, 1.807) is 0 Å². The van der Waals surface area contributed by atoms with E-state index in [1.807, 2.05) is 24.3 Å². The first-order chi connectivity index (χ1) is 14.6. The maximum absolute atomic E-state index is 13.5. The molecule has 3 nitrogen and oxygen atoms in total. The van der Waals surface area contributed by atoms with Crippen LogP contribution < -0.4 is 5.32 Å². The normalized spacial score (nSPS) is 18.2. The highest BCUT2D eigenvalue weighted by Crippen LogP contribution is 2.42. The summed E-state index contributed by atoms with van der Waals surface area (Å²) in [7, 11) is 0. The number of hydrogen-bond acceptors (Lipinski definition) is 3. The van der Waals surface area contributed by atoms with Gasteiger partial charge in [0.05, 0.1) is 12.0 Å². The summed E-state index contributed by atoms with van der Waals surface area (Å²) in [4.78, 5) is 15.9. The summed E-state index contributed by atoms with van der Waals surface area (Å²) < 4.78 is 0. The lowest BCUT2D eigenvalue weighted by Gasteiger charge is -2.34. The highest BCUT2D eigenvalue weighted by Gasteiger charge is 2.37. The van der Waals surface area contributed by atoms with E-state index in [1.165, 1.54) is 11.1 Å². The highest BCUT2D eigenvalue weighted by atomic mass is 16.1. The Morgan fingerprint density at radius 1 is 0.833 bits per heavy atom. The van der Waals surface area contributed by atoms with Gasteiger partial charge in [-0.05, 0) is 48.8 Å². The van der Waals surface area contributed by atoms with E-state index in [-0.39, 0.29) is 17.7 Å². The summed E-state index contributed by atoms with van der Waals surface area (Å²) in [5, 5.41) is 3.66. The molecular weight excluding hydrogens is 368 g/mol. The molecule has 0 saturated heterocycles. The van der Waals surface area contributed by atoms with Gasteiger partial charge in [0.15, 0.2) is 5.78 Å². The van der Waals surface area contributed by atoms with Gasteiger partial charge in [-0.15, -0.1) is 0 Å². The fourth-order valence-corrected chi connectivity index (χ4v) is 4.32. The van der Waals surface area contributed by atoms with Crippen molar-refractivity contribution in [2.45, 2.75) is 39.3 Å². The van der Waals surface area contributed by atoms with E-state index in [2.05, 4.69) is 79.5 Å². The van der Waals surface area contributed by atoms with Gasteiger partial charge in [-0.1, -0.05) is 80.1 Å². The number of carbonyl (C=O) groups is 1. The van der Waals surface area contributed by atoms with Gasteiger partial charge in [-0.3, -0.25) is 9.69 Å². The maximum Gasteiger partial charge on any atom is 0.174 e. The number of hydrogen-bond donors (Lipinski definition) is 1. The first kappa shape index (κ1) is 20.4. The maximum atomic E-state index is 13.5. The lowest BCUT2D eigenvalue weighted by atomic mass is 9.78. The van der Waals surface area contributed by atoms with Crippen molar-refractivity contribution in [2.75, 3.05) is 18.4 Å². The zero-order valence-corrected chi connectivity index (χ0v) is 18.1. The van der Waals surface area contributed by atoms with Crippen LogP contribution in [0.15, 0.2) is 72.8 Å². The van der Waals surface area contributed by atoms with E-state index in [4.69, 9.17) is 0 Å². The molecule has 0 amide bonds. The number of Topliss-reactive ketones (excluding diaryl/α,β-unsaturated/α-hetero) is 1. The second-order valence-electron chi connectivity index (χ2n) is 8.12. The van der Waals surface area contributed by atoms with Crippen LogP contribution in [-0.4, -0.2) is 23.8 Å². The van der Waals surface area contributed by atoms with Gasteiger partial charge in [-0.25, -0.2) is 0 Å². The Hall–Kier alpha value is -2.91. The molecule has 1 aliphatic heterocycles. The lowest BCUT2D eigenvalue weighted by Crippen LogP contribution is -2.31. The molecule has 3 aromatic rings. The van der Waals surface area contributed by atoms with Crippen LogP contribution in [-0.2, 0) is 6.54 Å². The molecule has 3 aromatic carbocycles. The van der Waals surface area contributed by atoms with Crippen molar-refractivity contribution < 1.29 is 4.79 Å². The van der Waals surface area contributed by atoms with Crippen LogP contribution in [0.3, 0.4) is 0 Å². The number of carbonyl (C=O) groups excluding carboxylic acids is 1. The molecule has 1 aliphatic rings. The van der Waals surface area contributed by atoms with Gasteiger partial charge < -0.3 is 5.32 Å². The number of para-hydroxylation sites is 1. The van der Waals surface area contributed by atoms with Gasteiger partial charge >= 0.3 is 0 Å². The summed E-state index contributed by atoms with van der Waals surface area (Å²) in [6, 6.07) is 24.9. The van der Waals surface area contributed by atoms with E-state index < -0.39 is 0 Å². The average Bonchev–Trinajstić information content (AvgIpc) is 2.79. The number of nitrogens with zero attached hydrogens (tertiary/aromatic N) is 1. The van der Waals surface area contributed by atoms with Crippen LogP contribution >= 0.6 is 0 Å². The molecule has 2 unspecified atom stereocenters. The molecule has 2 atom stereocenters. The molecule has 30 heavy (non-hydrogen) atoms. The Balaban J connectivity index is 1.70. The molecule has 0 saturated carbocycles. The summed E-state index contributed by atoms with van der Waals surface area (Å²) in [6.07, 6.45) is 0. The third-order valence-electron chi connectivity index (χ3n) is 6.20. The molecule has 0 spiro atoms. The summed E-state index contributed by atoms with van der Waals surface area (Å²) in [5.41, 5.74) is 6.40. The van der Waals surface area contributed by atoms with Crippen molar-refractivity contribution in [3.05, 3.63) is 101 Å². The third-order valence-corrected chi connectivity index (χ3v) is 6.20. The predicted molar refractivity (Wildman–Crippen MR) is 124 cm³/mol. The highest BCUT2D eigenvalue weighted by molar-refractivity contribution is 6.07. The van der Waals surface area contributed by atoms with Crippen LogP contribution in [0, 0.1) is 6.92 Å². The second-order valence-corrected chi connectivity index (χ2v) is 8.12. The van der Waals surface area contributed by atoms with E-state index in [9.17, 15) is 4.79 Å². The minimum absolute atomic E-state index is 0.0855. The van der Waals surface area contributed by atoms with Gasteiger partial charge in [0, 0.05) is 17.8 Å². The molecule has 154 valence electrons. The van der Waals surface area contributed by atoms with Gasteiger partial charge in [-0.2, -0.15) is 0 Å². The fourth-order valence-electron chi connectivity index (χ4n) is 4.32. The molecule has 0 radical (unpaired) electrons. The van der Waals surface area contributed by atoms with Crippen LogP contribution in [0.4, 0.5) is 5.69 Å². The van der Waals surface area contributed by atoms with Crippen LogP contribution in [0.25, 0.3) is 0 Å². The van der Waals surface area contributed by atoms with Gasteiger partial charge in [0.25, 0.3) is 0 Å². The molecule has 3 heteroatoms. The molecule has 0 aromatic heterocycles. The summed E-state index contributed by atoms with van der Waals surface area (Å²) in [5.74, 6) is -0.0560. The number of nitrogens with one attached hydrogen (secondary N) is 1. The first-order valence-corrected chi connectivity index (χ1v) is 10.9. The zero-order chi connectivity index (χ0) is 21.1. The number of ketones is 1. The molecule has 0 fully saturated rings. The van der Waals surface area contributed by atoms with Crippen molar-refractivity contribution in [1.29, 1.82) is 0 Å².